The third-order valence-electron chi connectivity index (χ3n) is 5.34. The molecule has 0 aliphatic heterocycles. The molecule has 0 saturated heterocycles. The number of hydrogen-bond acceptors (Lipinski definition) is 6. The van der Waals surface area contributed by atoms with Gasteiger partial charge in [0.2, 0.25) is 0 Å². The van der Waals surface area contributed by atoms with E-state index < -0.39 is 5.91 Å². The SMILES string of the molecule is CN(C)C(=O)COc1ccc(Nc2cc(N(c3ccccc3)C3CC3)c(C(N)=O)cn2)cc1. The lowest BCUT2D eigenvalue weighted by molar-refractivity contribution is -0.130. The van der Waals surface area contributed by atoms with Gasteiger partial charge in [0.15, 0.2) is 6.61 Å². The molecule has 3 aromatic rings. The number of para-hydroxylation sites is 1. The quantitative estimate of drug-likeness (QED) is 0.521. The predicted molar refractivity (Wildman–Crippen MR) is 128 cm³/mol. The number of benzene rings is 2. The highest BCUT2D eigenvalue weighted by atomic mass is 16.5. The predicted octanol–water partition coefficient (Wildman–Crippen LogP) is 3.69. The van der Waals surface area contributed by atoms with Crippen LogP contribution in [-0.2, 0) is 4.79 Å². The molecule has 170 valence electrons. The zero-order valence-corrected chi connectivity index (χ0v) is 18.7. The first-order valence-electron chi connectivity index (χ1n) is 10.8. The number of carbonyl (C=O) groups is 2. The molecular formula is C25H27N5O3. The normalized spacial score (nSPS) is 12.7. The van der Waals surface area contributed by atoms with Gasteiger partial charge >= 0.3 is 0 Å². The second-order valence-electron chi connectivity index (χ2n) is 8.11. The van der Waals surface area contributed by atoms with Crippen molar-refractivity contribution >= 4 is 34.7 Å². The smallest absolute Gasteiger partial charge is 0.259 e. The molecule has 1 heterocycles. The van der Waals surface area contributed by atoms with Crippen molar-refractivity contribution in [3.63, 3.8) is 0 Å². The van der Waals surface area contributed by atoms with E-state index in [1.165, 1.54) is 11.1 Å². The Balaban J connectivity index is 1.56. The number of likely N-dealkylation sites (N-methyl/N-ethyl adjacent to an activating group) is 1. The van der Waals surface area contributed by atoms with E-state index in [9.17, 15) is 9.59 Å². The summed E-state index contributed by atoms with van der Waals surface area (Å²) < 4.78 is 5.52. The Kier molecular flexibility index (Phi) is 6.44. The molecule has 2 amide bonds. The van der Waals surface area contributed by atoms with E-state index in [-0.39, 0.29) is 12.5 Å². The van der Waals surface area contributed by atoms with Crippen molar-refractivity contribution in [2.45, 2.75) is 18.9 Å². The van der Waals surface area contributed by atoms with Gasteiger partial charge < -0.3 is 25.6 Å². The van der Waals surface area contributed by atoms with E-state index in [0.717, 1.165) is 29.9 Å². The van der Waals surface area contributed by atoms with Crippen molar-refractivity contribution in [1.82, 2.24) is 9.88 Å². The van der Waals surface area contributed by atoms with Gasteiger partial charge in [0.05, 0.1) is 11.3 Å². The maximum absolute atomic E-state index is 12.2. The third kappa shape index (κ3) is 5.41. The van der Waals surface area contributed by atoms with Crippen LogP contribution in [0.4, 0.5) is 22.9 Å². The number of amides is 2. The molecule has 3 N–H and O–H groups in total. The van der Waals surface area contributed by atoms with E-state index in [1.54, 1.807) is 26.2 Å². The Morgan fingerprint density at radius 1 is 1.09 bits per heavy atom. The number of rotatable bonds is 9. The van der Waals surface area contributed by atoms with E-state index in [2.05, 4.69) is 15.2 Å². The van der Waals surface area contributed by atoms with Crippen LogP contribution in [0.5, 0.6) is 5.75 Å². The number of anilines is 4. The van der Waals surface area contributed by atoms with E-state index in [1.807, 2.05) is 48.5 Å². The van der Waals surface area contributed by atoms with Crippen LogP contribution < -0.4 is 20.7 Å². The number of nitrogens with two attached hydrogens (primary N) is 1. The molecule has 8 heteroatoms. The lowest BCUT2D eigenvalue weighted by Crippen LogP contribution is -2.27. The van der Waals surface area contributed by atoms with E-state index in [0.29, 0.717) is 23.2 Å². The first kappa shape index (κ1) is 22.1. The summed E-state index contributed by atoms with van der Waals surface area (Å²) in [4.78, 5) is 31.9. The molecule has 8 nitrogen and oxygen atoms in total. The van der Waals surface area contributed by atoms with Crippen molar-refractivity contribution in [2.24, 2.45) is 5.73 Å². The molecule has 1 aliphatic carbocycles. The topological polar surface area (TPSA) is 101 Å². The maximum atomic E-state index is 12.2. The number of pyridine rings is 1. The average Bonchev–Trinajstić information content (AvgIpc) is 3.64. The lowest BCUT2D eigenvalue weighted by Gasteiger charge is -2.27. The third-order valence-corrected chi connectivity index (χ3v) is 5.34. The number of carbonyl (C=O) groups excluding carboxylic acids is 2. The molecule has 0 spiro atoms. The summed E-state index contributed by atoms with van der Waals surface area (Å²) in [6.07, 6.45) is 3.62. The standard InChI is InChI=1S/C25H27N5O3/c1-29(2)24(31)16-33-20-12-8-17(9-13-20)28-23-14-22(21(15-27-23)25(26)32)30(19-10-11-19)18-6-4-3-5-7-18/h3-9,12-15,19H,10-11,16H2,1-2H3,(H2,26,32)(H,27,28). The van der Waals surface area contributed by atoms with E-state index >= 15 is 0 Å². The fourth-order valence-electron chi connectivity index (χ4n) is 3.43. The molecule has 0 bridgehead atoms. The summed E-state index contributed by atoms with van der Waals surface area (Å²) in [7, 11) is 3.37. The Bertz CT molecular complexity index is 1130. The summed E-state index contributed by atoms with van der Waals surface area (Å²) >= 11 is 0. The summed E-state index contributed by atoms with van der Waals surface area (Å²) in [5.41, 5.74) is 8.59. The van der Waals surface area contributed by atoms with E-state index in [4.69, 9.17) is 10.5 Å². The molecule has 0 radical (unpaired) electrons. The van der Waals surface area contributed by atoms with Crippen LogP contribution in [0, 0.1) is 0 Å². The summed E-state index contributed by atoms with van der Waals surface area (Å²) in [5.74, 6) is 0.562. The highest BCUT2D eigenvalue weighted by Gasteiger charge is 2.32. The van der Waals surface area contributed by atoms with Gasteiger partial charge in [-0.05, 0) is 49.2 Å². The summed E-state index contributed by atoms with van der Waals surface area (Å²) in [6, 6.07) is 19.4. The second kappa shape index (κ2) is 9.60. The number of nitrogens with one attached hydrogen (secondary N) is 1. The minimum Gasteiger partial charge on any atom is -0.484 e. The summed E-state index contributed by atoms with van der Waals surface area (Å²) in [6.45, 7) is -0.0181. The first-order chi connectivity index (χ1) is 15.9. The van der Waals surface area contributed by atoms with Crippen molar-refractivity contribution in [2.75, 3.05) is 30.9 Å². The van der Waals surface area contributed by atoms with Crippen molar-refractivity contribution in [1.29, 1.82) is 0 Å². The fourth-order valence-corrected chi connectivity index (χ4v) is 3.43. The van der Waals surface area contributed by atoms with Crippen LogP contribution in [0.15, 0.2) is 66.9 Å². The number of aromatic nitrogens is 1. The monoisotopic (exact) mass is 445 g/mol. The molecule has 1 aromatic heterocycles. The minimum absolute atomic E-state index is 0.0181. The van der Waals surface area contributed by atoms with Gasteiger partial charge in [-0.25, -0.2) is 4.98 Å². The van der Waals surface area contributed by atoms with Crippen LogP contribution in [-0.4, -0.2) is 48.4 Å². The number of hydrogen-bond donors (Lipinski definition) is 2. The van der Waals surface area contributed by atoms with Crippen LogP contribution in [0.3, 0.4) is 0 Å². The molecule has 2 aromatic carbocycles. The van der Waals surface area contributed by atoms with Gasteiger partial charge in [0, 0.05) is 43.8 Å². The molecule has 1 saturated carbocycles. The highest BCUT2D eigenvalue weighted by Crippen LogP contribution is 2.40. The van der Waals surface area contributed by atoms with Crippen molar-refractivity contribution in [3.8, 4) is 5.75 Å². The Labute approximate surface area is 193 Å². The molecular weight excluding hydrogens is 418 g/mol. The van der Waals surface area contributed by atoms with Gasteiger partial charge in [-0.3, -0.25) is 9.59 Å². The molecule has 33 heavy (non-hydrogen) atoms. The van der Waals surface area contributed by atoms with Crippen LogP contribution >= 0.6 is 0 Å². The number of ether oxygens (including phenoxy) is 1. The molecule has 0 unspecified atom stereocenters. The van der Waals surface area contributed by atoms with Crippen molar-refractivity contribution < 1.29 is 14.3 Å². The molecule has 1 fully saturated rings. The summed E-state index contributed by atoms with van der Waals surface area (Å²) in [5, 5.41) is 3.27. The van der Waals surface area contributed by atoms with Gasteiger partial charge in [-0.2, -0.15) is 0 Å². The number of nitrogens with zero attached hydrogens (tertiary/aromatic N) is 3. The van der Waals surface area contributed by atoms with Gasteiger partial charge in [0.25, 0.3) is 11.8 Å². The van der Waals surface area contributed by atoms with Gasteiger partial charge in [-0.1, -0.05) is 18.2 Å². The number of primary amides is 1. The Hall–Kier alpha value is -4.07. The van der Waals surface area contributed by atoms with Gasteiger partial charge in [0.1, 0.15) is 11.6 Å². The highest BCUT2D eigenvalue weighted by molar-refractivity contribution is 6.00. The van der Waals surface area contributed by atoms with Crippen molar-refractivity contribution in [3.05, 3.63) is 72.4 Å². The maximum Gasteiger partial charge on any atom is 0.259 e. The van der Waals surface area contributed by atoms with Gasteiger partial charge in [-0.15, -0.1) is 0 Å². The van der Waals surface area contributed by atoms with Crippen LogP contribution in [0.25, 0.3) is 0 Å². The average molecular weight is 446 g/mol. The molecule has 1 aliphatic rings. The second-order valence-corrected chi connectivity index (χ2v) is 8.11. The Morgan fingerprint density at radius 2 is 1.79 bits per heavy atom. The largest absolute Gasteiger partial charge is 0.484 e. The van der Waals surface area contributed by atoms with Crippen LogP contribution in [0.1, 0.15) is 23.2 Å². The molecule has 0 atom stereocenters. The fraction of sp³-hybridized carbons (Fsp3) is 0.240. The zero-order valence-electron chi connectivity index (χ0n) is 18.7. The molecule has 4 rings (SSSR count). The first-order valence-corrected chi connectivity index (χ1v) is 10.8. The van der Waals surface area contributed by atoms with Crippen LogP contribution in [0.2, 0.25) is 0 Å². The Morgan fingerprint density at radius 3 is 2.39 bits per heavy atom. The minimum atomic E-state index is -0.514. The zero-order chi connectivity index (χ0) is 23.4. The lowest BCUT2D eigenvalue weighted by atomic mass is 10.1.